The lowest BCUT2D eigenvalue weighted by atomic mass is 9.94. The Bertz CT molecular complexity index is 589. The monoisotopic (exact) mass is 266 g/mol. The van der Waals surface area contributed by atoms with Crippen molar-refractivity contribution >= 4 is 5.69 Å². The molecule has 102 valence electrons. The SMILES string of the molecule is COc1ccccc1[C@@H](Nc1ccccc1)[C@@H](C)C#N. The van der Waals surface area contributed by atoms with Crippen molar-refractivity contribution in [2.45, 2.75) is 13.0 Å². The normalized spacial score (nSPS) is 13.1. The van der Waals surface area contributed by atoms with E-state index >= 15 is 0 Å². The number of anilines is 1. The van der Waals surface area contributed by atoms with Gasteiger partial charge in [-0.1, -0.05) is 36.4 Å². The second-order valence-corrected chi connectivity index (χ2v) is 4.65. The van der Waals surface area contributed by atoms with Gasteiger partial charge in [-0.15, -0.1) is 0 Å². The van der Waals surface area contributed by atoms with E-state index in [0.29, 0.717) is 0 Å². The van der Waals surface area contributed by atoms with Gasteiger partial charge in [0.25, 0.3) is 0 Å². The van der Waals surface area contributed by atoms with Gasteiger partial charge < -0.3 is 10.1 Å². The molecule has 0 bridgehead atoms. The second-order valence-electron chi connectivity index (χ2n) is 4.65. The molecule has 0 aliphatic carbocycles. The Morgan fingerprint density at radius 3 is 2.35 bits per heavy atom. The smallest absolute Gasteiger partial charge is 0.124 e. The first kappa shape index (κ1) is 14.0. The van der Waals surface area contributed by atoms with Crippen LogP contribution in [0.15, 0.2) is 54.6 Å². The zero-order valence-electron chi connectivity index (χ0n) is 11.7. The molecule has 2 rings (SSSR count). The first-order chi connectivity index (χ1) is 9.76. The Labute approximate surface area is 119 Å². The van der Waals surface area contributed by atoms with Crippen molar-refractivity contribution in [2.24, 2.45) is 5.92 Å². The average molecular weight is 266 g/mol. The zero-order valence-corrected chi connectivity index (χ0v) is 11.7. The quantitative estimate of drug-likeness (QED) is 0.889. The van der Waals surface area contributed by atoms with Crippen LogP contribution in [0.4, 0.5) is 5.69 Å². The molecule has 0 amide bonds. The second kappa shape index (κ2) is 6.63. The standard InChI is InChI=1S/C17H18N2O/c1-13(12-18)17(19-14-8-4-3-5-9-14)15-10-6-7-11-16(15)20-2/h3-11,13,17,19H,1-2H3/t13-,17-/m0/s1. The third kappa shape index (κ3) is 3.10. The van der Waals surface area contributed by atoms with Crippen molar-refractivity contribution in [3.8, 4) is 11.8 Å². The summed E-state index contributed by atoms with van der Waals surface area (Å²) in [5, 5.41) is 12.7. The lowest BCUT2D eigenvalue weighted by molar-refractivity contribution is 0.403. The van der Waals surface area contributed by atoms with Crippen LogP contribution in [-0.2, 0) is 0 Å². The number of para-hydroxylation sites is 2. The Balaban J connectivity index is 2.35. The fourth-order valence-electron chi connectivity index (χ4n) is 2.18. The Morgan fingerprint density at radius 2 is 1.70 bits per heavy atom. The molecular formula is C17H18N2O. The summed E-state index contributed by atoms with van der Waals surface area (Å²) < 4.78 is 5.41. The molecule has 0 aliphatic rings. The lowest BCUT2D eigenvalue weighted by Gasteiger charge is -2.24. The van der Waals surface area contributed by atoms with Crippen LogP contribution >= 0.6 is 0 Å². The van der Waals surface area contributed by atoms with E-state index in [1.807, 2.05) is 61.5 Å². The molecule has 0 saturated carbocycles. The van der Waals surface area contributed by atoms with E-state index in [9.17, 15) is 5.26 Å². The van der Waals surface area contributed by atoms with Crippen LogP contribution in [0.2, 0.25) is 0 Å². The summed E-state index contributed by atoms with van der Waals surface area (Å²) in [4.78, 5) is 0. The van der Waals surface area contributed by atoms with Gasteiger partial charge in [-0.05, 0) is 25.1 Å². The molecule has 1 N–H and O–H groups in total. The van der Waals surface area contributed by atoms with Gasteiger partial charge in [0.05, 0.1) is 25.1 Å². The van der Waals surface area contributed by atoms with Crippen molar-refractivity contribution in [1.82, 2.24) is 0 Å². The fraction of sp³-hybridized carbons (Fsp3) is 0.235. The summed E-state index contributed by atoms with van der Waals surface area (Å²) in [6, 6.07) is 19.9. The van der Waals surface area contributed by atoms with Gasteiger partial charge in [-0.3, -0.25) is 0 Å². The van der Waals surface area contributed by atoms with Gasteiger partial charge in [-0.2, -0.15) is 5.26 Å². The Morgan fingerprint density at radius 1 is 1.05 bits per heavy atom. The number of nitrogens with zero attached hydrogens (tertiary/aromatic N) is 1. The highest BCUT2D eigenvalue weighted by Gasteiger charge is 2.22. The summed E-state index contributed by atoms with van der Waals surface area (Å²) in [6.07, 6.45) is 0. The van der Waals surface area contributed by atoms with Crippen molar-refractivity contribution in [3.05, 3.63) is 60.2 Å². The summed E-state index contributed by atoms with van der Waals surface area (Å²) in [6.45, 7) is 1.91. The predicted octanol–water partition coefficient (Wildman–Crippen LogP) is 4.01. The van der Waals surface area contributed by atoms with Crippen molar-refractivity contribution in [2.75, 3.05) is 12.4 Å². The van der Waals surface area contributed by atoms with Gasteiger partial charge in [0.1, 0.15) is 5.75 Å². The third-order valence-corrected chi connectivity index (χ3v) is 3.27. The molecule has 0 spiro atoms. The van der Waals surface area contributed by atoms with Crippen LogP contribution in [-0.4, -0.2) is 7.11 Å². The minimum absolute atomic E-state index is 0.112. The predicted molar refractivity (Wildman–Crippen MR) is 80.6 cm³/mol. The minimum Gasteiger partial charge on any atom is -0.496 e. The van der Waals surface area contributed by atoms with Crippen LogP contribution in [0.25, 0.3) is 0 Å². The number of hydrogen-bond acceptors (Lipinski definition) is 3. The van der Waals surface area contributed by atoms with E-state index in [2.05, 4.69) is 11.4 Å². The molecule has 20 heavy (non-hydrogen) atoms. The molecule has 0 unspecified atom stereocenters. The lowest BCUT2D eigenvalue weighted by Crippen LogP contribution is -2.18. The van der Waals surface area contributed by atoms with Crippen LogP contribution in [0, 0.1) is 17.2 Å². The Kier molecular flexibility index (Phi) is 4.62. The first-order valence-electron chi connectivity index (χ1n) is 6.60. The highest BCUT2D eigenvalue weighted by Crippen LogP contribution is 2.32. The summed E-state index contributed by atoms with van der Waals surface area (Å²) >= 11 is 0. The van der Waals surface area contributed by atoms with Crippen molar-refractivity contribution in [1.29, 1.82) is 5.26 Å². The molecule has 0 fully saturated rings. The van der Waals surface area contributed by atoms with Gasteiger partial charge in [-0.25, -0.2) is 0 Å². The number of hydrogen-bond donors (Lipinski definition) is 1. The van der Waals surface area contributed by atoms with E-state index in [-0.39, 0.29) is 12.0 Å². The highest BCUT2D eigenvalue weighted by atomic mass is 16.5. The fourth-order valence-corrected chi connectivity index (χ4v) is 2.18. The van der Waals surface area contributed by atoms with Crippen molar-refractivity contribution in [3.63, 3.8) is 0 Å². The van der Waals surface area contributed by atoms with E-state index in [1.54, 1.807) is 7.11 Å². The zero-order chi connectivity index (χ0) is 14.4. The molecule has 0 heterocycles. The average Bonchev–Trinajstić information content (AvgIpc) is 2.53. The van der Waals surface area contributed by atoms with Gasteiger partial charge in [0.2, 0.25) is 0 Å². The van der Waals surface area contributed by atoms with E-state index in [4.69, 9.17) is 4.74 Å². The number of methoxy groups -OCH3 is 1. The summed E-state index contributed by atoms with van der Waals surface area (Å²) in [5.41, 5.74) is 1.98. The van der Waals surface area contributed by atoms with Gasteiger partial charge in [0.15, 0.2) is 0 Å². The molecule has 2 aromatic rings. The highest BCUT2D eigenvalue weighted by molar-refractivity contribution is 5.48. The topological polar surface area (TPSA) is 45.0 Å². The molecule has 0 radical (unpaired) electrons. The maximum Gasteiger partial charge on any atom is 0.124 e. The number of nitriles is 1. The molecule has 0 saturated heterocycles. The largest absolute Gasteiger partial charge is 0.496 e. The van der Waals surface area contributed by atoms with Gasteiger partial charge >= 0.3 is 0 Å². The van der Waals surface area contributed by atoms with Crippen LogP contribution in [0.3, 0.4) is 0 Å². The molecule has 2 aromatic carbocycles. The molecule has 2 atom stereocenters. The first-order valence-corrected chi connectivity index (χ1v) is 6.60. The maximum absolute atomic E-state index is 9.28. The van der Waals surface area contributed by atoms with Crippen molar-refractivity contribution < 1.29 is 4.74 Å². The maximum atomic E-state index is 9.28. The van der Waals surface area contributed by atoms with Crippen LogP contribution in [0.5, 0.6) is 5.75 Å². The van der Waals surface area contributed by atoms with Crippen LogP contribution in [0.1, 0.15) is 18.5 Å². The van der Waals surface area contributed by atoms with Crippen LogP contribution < -0.4 is 10.1 Å². The minimum atomic E-state index is -0.175. The van der Waals surface area contributed by atoms with E-state index in [1.165, 1.54) is 0 Å². The molecule has 3 nitrogen and oxygen atoms in total. The third-order valence-electron chi connectivity index (χ3n) is 3.27. The molecule has 0 aliphatic heterocycles. The number of nitrogens with one attached hydrogen (secondary N) is 1. The summed E-state index contributed by atoms with van der Waals surface area (Å²) in [7, 11) is 1.65. The Hall–Kier alpha value is -2.47. The number of benzene rings is 2. The molecule has 0 aromatic heterocycles. The van der Waals surface area contributed by atoms with E-state index < -0.39 is 0 Å². The number of rotatable bonds is 5. The number of ether oxygens (including phenoxy) is 1. The summed E-state index contributed by atoms with van der Waals surface area (Å²) in [5.74, 6) is 0.620. The molecule has 3 heteroatoms. The molecular weight excluding hydrogens is 248 g/mol. The van der Waals surface area contributed by atoms with E-state index in [0.717, 1.165) is 17.0 Å². The van der Waals surface area contributed by atoms with Gasteiger partial charge in [0, 0.05) is 11.3 Å².